The maximum Gasteiger partial charge on any atom is 0.214 e. The standard InChI is InChI=1S/C16H21N3O2S/c17-10-13-3-5-14(6-4-13)11-19-9-1-2-15(12-19)18-22(20,21)16-7-8-16/h3-6,15-16,18H,1-2,7-9,11-12H2. The summed E-state index contributed by atoms with van der Waals surface area (Å²) in [6, 6.07) is 9.73. The molecule has 0 bridgehead atoms. The van der Waals surface area contributed by atoms with E-state index in [4.69, 9.17) is 5.26 Å². The Labute approximate surface area is 132 Å². The van der Waals surface area contributed by atoms with E-state index in [1.165, 1.54) is 0 Å². The monoisotopic (exact) mass is 319 g/mol. The molecule has 0 spiro atoms. The van der Waals surface area contributed by atoms with Crippen molar-refractivity contribution >= 4 is 10.0 Å². The molecule has 1 aromatic rings. The Kier molecular flexibility index (Phi) is 4.48. The van der Waals surface area contributed by atoms with Gasteiger partial charge in [0.05, 0.1) is 16.9 Å². The van der Waals surface area contributed by atoms with Crippen LogP contribution in [0.25, 0.3) is 0 Å². The summed E-state index contributed by atoms with van der Waals surface area (Å²) in [7, 11) is -3.10. The number of rotatable bonds is 5. The molecule has 2 aliphatic rings. The summed E-state index contributed by atoms with van der Waals surface area (Å²) in [5.41, 5.74) is 1.82. The Morgan fingerprint density at radius 3 is 2.59 bits per heavy atom. The largest absolute Gasteiger partial charge is 0.298 e. The molecule has 0 amide bonds. The summed E-state index contributed by atoms with van der Waals surface area (Å²) in [5, 5.41) is 8.67. The van der Waals surface area contributed by atoms with Crippen LogP contribution in [0.1, 0.15) is 36.8 Å². The highest BCUT2D eigenvalue weighted by molar-refractivity contribution is 7.90. The van der Waals surface area contributed by atoms with Crippen LogP contribution in [0.15, 0.2) is 24.3 Å². The fourth-order valence-electron chi connectivity index (χ4n) is 2.95. The first kappa shape index (κ1) is 15.5. The fourth-order valence-corrected chi connectivity index (χ4v) is 4.55. The number of nitrogens with zero attached hydrogens (tertiary/aromatic N) is 2. The topological polar surface area (TPSA) is 73.2 Å². The Bertz CT molecular complexity index is 660. The van der Waals surface area contributed by atoms with Crippen molar-refractivity contribution < 1.29 is 8.42 Å². The van der Waals surface area contributed by atoms with Crippen LogP contribution in [0.2, 0.25) is 0 Å². The van der Waals surface area contributed by atoms with Gasteiger partial charge in [-0.3, -0.25) is 4.90 Å². The second-order valence-corrected chi connectivity index (χ2v) is 8.24. The average molecular weight is 319 g/mol. The van der Waals surface area contributed by atoms with Crippen LogP contribution < -0.4 is 4.72 Å². The number of nitriles is 1. The number of likely N-dealkylation sites (tertiary alicyclic amines) is 1. The van der Waals surface area contributed by atoms with Gasteiger partial charge in [-0.05, 0) is 49.9 Å². The summed E-state index contributed by atoms with van der Waals surface area (Å²) in [5.74, 6) is 0. The molecule has 0 radical (unpaired) electrons. The van der Waals surface area contributed by atoms with Gasteiger partial charge in [0.15, 0.2) is 0 Å². The zero-order chi connectivity index (χ0) is 15.6. The Morgan fingerprint density at radius 1 is 1.23 bits per heavy atom. The number of nitrogens with one attached hydrogen (secondary N) is 1. The van der Waals surface area contributed by atoms with Gasteiger partial charge < -0.3 is 0 Å². The smallest absolute Gasteiger partial charge is 0.214 e. The third-order valence-corrected chi connectivity index (χ3v) is 6.30. The molecule has 6 heteroatoms. The molecule has 1 atom stereocenters. The molecule has 1 saturated carbocycles. The van der Waals surface area contributed by atoms with Crippen LogP contribution in [0.3, 0.4) is 0 Å². The molecule has 5 nitrogen and oxygen atoms in total. The van der Waals surface area contributed by atoms with Crippen LogP contribution in [0.5, 0.6) is 0 Å². The van der Waals surface area contributed by atoms with Gasteiger partial charge >= 0.3 is 0 Å². The summed E-state index contributed by atoms with van der Waals surface area (Å²) < 4.78 is 27.0. The lowest BCUT2D eigenvalue weighted by Crippen LogP contribution is -2.48. The van der Waals surface area contributed by atoms with E-state index >= 15 is 0 Å². The Balaban J connectivity index is 1.57. The Hall–Kier alpha value is -1.42. The van der Waals surface area contributed by atoms with Crippen LogP contribution in [0.4, 0.5) is 0 Å². The molecule has 1 saturated heterocycles. The van der Waals surface area contributed by atoms with E-state index in [-0.39, 0.29) is 11.3 Å². The lowest BCUT2D eigenvalue weighted by atomic mass is 10.1. The minimum Gasteiger partial charge on any atom is -0.298 e. The van der Waals surface area contributed by atoms with Crippen molar-refractivity contribution in [2.75, 3.05) is 13.1 Å². The van der Waals surface area contributed by atoms with E-state index in [2.05, 4.69) is 15.7 Å². The molecule has 1 aliphatic heterocycles. The van der Waals surface area contributed by atoms with E-state index in [0.717, 1.165) is 50.9 Å². The number of hydrogen-bond acceptors (Lipinski definition) is 4. The third kappa shape index (κ3) is 3.86. The molecule has 1 aliphatic carbocycles. The zero-order valence-corrected chi connectivity index (χ0v) is 13.3. The lowest BCUT2D eigenvalue weighted by molar-refractivity contribution is 0.194. The molecule has 3 rings (SSSR count). The highest BCUT2D eigenvalue weighted by atomic mass is 32.2. The third-order valence-electron chi connectivity index (χ3n) is 4.29. The number of piperidine rings is 1. The van der Waals surface area contributed by atoms with E-state index in [0.29, 0.717) is 5.56 Å². The van der Waals surface area contributed by atoms with Crippen molar-refractivity contribution in [1.82, 2.24) is 9.62 Å². The maximum atomic E-state index is 12.0. The summed E-state index contributed by atoms with van der Waals surface area (Å²) in [6.45, 7) is 2.54. The van der Waals surface area contributed by atoms with Gasteiger partial charge in [-0.2, -0.15) is 5.26 Å². The van der Waals surface area contributed by atoms with Crippen molar-refractivity contribution in [3.8, 4) is 6.07 Å². The van der Waals surface area contributed by atoms with Crippen molar-refractivity contribution in [3.05, 3.63) is 35.4 Å². The van der Waals surface area contributed by atoms with E-state index < -0.39 is 10.0 Å². The van der Waals surface area contributed by atoms with Gasteiger partial charge in [0.2, 0.25) is 10.0 Å². The first-order valence-electron chi connectivity index (χ1n) is 7.79. The SMILES string of the molecule is N#Cc1ccc(CN2CCCC(NS(=O)(=O)C3CC3)C2)cc1. The molecular weight excluding hydrogens is 298 g/mol. The zero-order valence-electron chi connectivity index (χ0n) is 12.5. The van der Waals surface area contributed by atoms with Crippen LogP contribution in [0, 0.1) is 11.3 Å². The van der Waals surface area contributed by atoms with Crippen LogP contribution in [-0.4, -0.2) is 37.7 Å². The highest BCUT2D eigenvalue weighted by Gasteiger charge is 2.37. The molecular formula is C16H21N3O2S. The van der Waals surface area contributed by atoms with Crippen molar-refractivity contribution in [1.29, 1.82) is 5.26 Å². The lowest BCUT2D eigenvalue weighted by Gasteiger charge is -2.33. The summed E-state index contributed by atoms with van der Waals surface area (Å²) in [4.78, 5) is 2.28. The van der Waals surface area contributed by atoms with Crippen molar-refractivity contribution in [3.63, 3.8) is 0 Å². The predicted molar refractivity (Wildman–Crippen MR) is 84.5 cm³/mol. The second kappa shape index (κ2) is 6.37. The fraction of sp³-hybridized carbons (Fsp3) is 0.562. The molecule has 118 valence electrons. The normalized spacial score (nSPS) is 23.1. The number of benzene rings is 1. The van der Waals surface area contributed by atoms with Crippen molar-refractivity contribution in [2.24, 2.45) is 0 Å². The van der Waals surface area contributed by atoms with Crippen molar-refractivity contribution in [2.45, 2.75) is 43.5 Å². The molecule has 22 heavy (non-hydrogen) atoms. The maximum absolute atomic E-state index is 12.0. The second-order valence-electron chi connectivity index (χ2n) is 6.25. The van der Waals surface area contributed by atoms with Gasteiger partial charge in [-0.15, -0.1) is 0 Å². The quantitative estimate of drug-likeness (QED) is 0.895. The van der Waals surface area contributed by atoms with Crippen LogP contribution >= 0.6 is 0 Å². The van der Waals surface area contributed by atoms with E-state index in [9.17, 15) is 8.42 Å². The van der Waals surface area contributed by atoms with Gasteiger partial charge in [0.25, 0.3) is 0 Å². The molecule has 1 N–H and O–H groups in total. The highest BCUT2D eigenvalue weighted by Crippen LogP contribution is 2.28. The van der Waals surface area contributed by atoms with E-state index in [1.807, 2.05) is 24.3 Å². The van der Waals surface area contributed by atoms with E-state index in [1.54, 1.807) is 0 Å². The Morgan fingerprint density at radius 2 is 1.95 bits per heavy atom. The first-order valence-corrected chi connectivity index (χ1v) is 9.34. The molecule has 1 aromatic carbocycles. The molecule has 1 unspecified atom stereocenters. The summed E-state index contributed by atoms with van der Waals surface area (Å²) >= 11 is 0. The molecule has 0 aromatic heterocycles. The number of hydrogen-bond donors (Lipinski definition) is 1. The summed E-state index contributed by atoms with van der Waals surface area (Å²) in [6.07, 6.45) is 3.53. The molecule has 2 fully saturated rings. The van der Waals surface area contributed by atoms with Gasteiger partial charge in [0, 0.05) is 19.1 Å². The van der Waals surface area contributed by atoms with Gasteiger partial charge in [0.1, 0.15) is 0 Å². The average Bonchev–Trinajstić information content (AvgIpc) is 3.33. The minimum absolute atomic E-state index is 0.0257. The predicted octanol–water partition coefficient (Wildman–Crippen LogP) is 1.60. The van der Waals surface area contributed by atoms with Crippen LogP contribution in [-0.2, 0) is 16.6 Å². The number of sulfonamides is 1. The minimum atomic E-state index is -3.10. The molecule has 1 heterocycles. The first-order chi connectivity index (χ1) is 10.6. The van der Waals surface area contributed by atoms with Gasteiger partial charge in [-0.1, -0.05) is 12.1 Å². The van der Waals surface area contributed by atoms with Gasteiger partial charge in [-0.25, -0.2) is 13.1 Å².